The predicted molar refractivity (Wildman–Crippen MR) is 91.6 cm³/mol. The third kappa shape index (κ3) is 4.70. The van der Waals surface area contributed by atoms with Crippen LogP contribution in [0.1, 0.15) is 21.8 Å². The highest BCUT2D eigenvalue weighted by molar-refractivity contribution is 7.99. The Hall–Kier alpha value is -2.60. The van der Waals surface area contributed by atoms with Crippen molar-refractivity contribution in [2.75, 3.05) is 12.4 Å². The van der Waals surface area contributed by atoms with Gasteiger partial charge in [-0.25, -0.2) is 0 Å². The molecule has 0 saturated heterocycles. The maximum Gasteiger partial charge on any atom is 0.276 e. The second-order valence-corrected chi connectivity index (χ2v) is 6.05. The molecule has 0 bridgehead atoms. The zero-order chi connectivity index (χ0) is 16.6. The third-order valence-electron chi connectivity index (χ3n) is 3.24. The summed E-state index contributed by atoms with van der Waals surface area (Å²) in [5.41, 5.74) is 1.77. The lowest BCUT2D eigenvalue weighted by Gasteiger charge is -2.04. The lowest BCUT2D eigenvalue weighted by molar-refractivity contribution is 0.112. The van der Waals surface area contributed by atoms with Gasteiger partial charge in [0, 0.05) is 11.3 Å². The number of benzene rings is 2. The molecule has 1 heterocycles. The van der Waals surface area contributed by atoms with Crippen LogP contribution in [-0.4, -0.2) is 28.8 Å². The molecule has 0 aliphatic rings. The molecule has 0 spiro atoms. The largest absolute Gasteiger partial charge is 0.493 e. The molecule has 1 aromatic heterocycles. The number of nitrogens with zero attached hydrogens (tertiary/aromatic N) is 2. The Morgan fingerprint density at radius 3 is 2.58 bits per heavy atom. The van der Waals surface area contributed by atoms with Crippen LogP contribution < -0.4 is 4.74 Å². The summed E-state index contributed by atoms with van der Waals surface area (Å²) in [5.74, 6) is 2.04. The van der Waals surface area contributed by atoms with Gasteiger partial charge in [-0.15, -0.1) is 10.2 Å². The number of aromatic nitrogens is 2. The lowest BCUT2D eigenvalue weighted by atomic mass is 10.2. The molecule has 24 heavy (non-hydrogen) atoms. The average Bonchev–Trinajstić information content (AvgIpc) is 3.07. The first-order chi connectivity index (χ1) is 11.8. The highest BCUT2D eigenvalue weighted by Gasteiger charge is 2.07. The highest BCUT2D eigenvalue weighted by Crippen LogP contribution is 2.18. The van der Waals surface area contributed by atoms with Gasteiger partial charge in [-0.3, -0.25) is 4.79 Å². The van der Waals surface area contributed by atoms with Crippen LogP contribution in [0.25, 0.3) is 0 Å². The summed E-state index contributed by atoms with van der Waals surface area (Å²) >= 11 is 1.46. The Morgan fingerprint density at radius 1 is 1.04 bits per heavy atom. The molecule has 0 atom stereocenters. The molecule has 3 aromatic rings. The maximum absolute atomic E-state index is 10.6. The normalized spacial score (nSPS) is 10.5. The first-order valence-corrected chi connectivity index (χ1v) is 8.49. The van der Waals surface area contributed by atoms with Gasteiger partial charge in [0.15, 0.2) is 0 Å². The van der Waals surface area contributed by atoms with E-state index in [1.807, 2.05) is 30.3 Å². The fourth-order valence-corrected chi connectivity index (χ4v) is 2.66. The first-order valence-electron chi connectivity index (χ1n) is 7.50. The molecule has 5 nitrogen and oxygen atoms in total. The third-order valence-corrected chi connectivity index (χ3v) is 4.02. The van der Waals surface area contributed by atoms with Crippen molar-refractivity contribution in [2.45, 2.75) is 11.6 Å². The van der Waals surface area contributed by atoms with Crippen molar-refractivity contribution >= 4 is 18.0 Å². The van der Waals surface area contributed by atoms with Crippen molar-refractivity contribution in [3.8, 4) is 5.75 Å². The zero-order valence-corrected chi connectivity index (χ0v) is 13.7. The summed E-state index contributed by atoms with van der Waals surface area (Å²) < 4.78 is 11.2. The molecule has 122 valence electrons. The summed E-state index contributed by atoms with van der Waals surface area (Å²) in [6.07, 6.45) is 1.44. The standard InChI is InChI=1S/C18H16N2O3S/c21-13-15-6-8-16(9-7-15)22-10-11-24-18-20-19-17(23-18)12-14-4-2-1-3-5-14/h1-9,13H,10-12H2. The number of hydrogen-bond donors (Lipinski definition) is 0. The SMILES string of the molecule is O=Cc1ccc(OCCSc2nnc(Cc3ccccc3)o2)cc1. The minimum absolute atomic E-state index is 0.515. The van der Waals surface area contributed by atoms with Gasteiger partial charge in [0.1, 0.15) is 12.0 Å². The summed E-state index contributed by atoms with van der Waals surface area (Å²) in [6, 6.07) is 17.0. The number of rotatable bonds is 8. The van der Waals surface area contributed by atoms with E-state index in [-0.39, 0.29) is 0 Å². The highest BCUT2D eigenvalue weighted by atomic mass is 32.2. The number of aldehydes is 1. The van der Waals surface area contributed by atoms with E-state index in [0.717, 1.165) is 17.6 Å². The molecular formula is C18H16N2O3S. The fourth-order valence-electron chi connectivity index (χ4n) is 2.07. The quantitative estimate of drug-likeness (QED) is 0.354. The van der Waals surface area contributed by atoms with Crippen LogP contribution in [0.5, 0.6) is 5.75 Å². The Balaban J connectivity index is 1.43. The topological polar surface area (TPSA) is 65.2 Å². The van der Waals surface area contributed by atoms with E-state index < -0.39 is 0 Å². The summed E-state index contributed by atoms with van der Waals surface area (Å²) in [5, 5.41) is 8.63. The van der Waals surface area contributed by atoms with Crippen molar-refractivity contribution in [1.29, 1.82) is 0 Å². The van der Waals surface area contributed by atoms with Gasteiger partial charge in [-0.05, 0) is 29.8 Å². The molecule has 2 aromatic carbocycles. The number of carbonyl (C=O) groups excluding carboxylic acids is 1. The van der Waals surface area contributed by atoms with Crippen molar-refractivity contribution in [2.24, 2.45) is 0 Å². The molecule has 0 radical (unpaired) electrons. The monoisotopic (exact) mass is 340 g/mol. The van der Waals surface area contributed by atoms with Crippen LogP contribution in [0.4, 0.5) is 0 Å². The lowest BCUT2D eigenvalue weighted by Crippen LogP contribution is -2.00. The summed E-state index contributed by atoms with van der Waals surface area (Å²) in [6.45, 7) is 0.515. The van der Waals surface area contributed by atoms with E-state index in [0.29, 0.717) is 35.5 Å². The molecule has 0 N–H and O–H groups in total. The zero-order valence-electron chi connectivity index (χ0n) is 12.9. The first kappa shape index (κ1) is 16.3. The van der Waals surface area contributed by atoms with E-state index in [9.17, 15) is 4.79 Å². The molecule has 0 saturated carbocycles. The number of hydrogen-bond acceptors (Lipinski definition) is 6. The van der Waals surface area contributed by atoms with Gasteiger partial charge < -0.3 is 9.15 Å². The van der Waals surface area contributed by atoms with Gasteiger partial charge in [-0.2, -0.15) is 0 Å². The van der Waals surface area contributed by atoms with E-state index in [4.69, 9.17) is 9.15 Å². The summed E-state index contributed by atoms with van der Waals surface area (Å²) in [4.78, 5) is 10.6. The average molecular weight is 340 g/mol. The number of ether oxygens (including phenoxy) is 1. The summed E-state index contributed by atoms with van der Waals surface area (Å²) in [7, 11) is 0. The van der Waals surface area contributed by atoms with Crippen LogP contribution >= 0.6 is 11.8 Å². The van der Waals surface area contributed by atoms with Gasteiger partial charge in [0.2, 0.25) is 5.89 Å². The van der Waals surface area contributed by atoms with Gasteiger partial charge in [-0.1, -0.05) is 42.1 Å². The van der Waals surface area contributed by atoms with Crippen molar-refractivity contribution in [1.82, 2.24) is 10.2 Å². The Bertz CT molecular complexity index is 772. The Labute approximate surface area is 144 Å². The minimum Gasteiger partial charge on any atom is -0.493 e. The molecule has 0 aliphatic heterocycles. The second kappa shape index (κ2) is 8.31. The number of carbonyl (C=O) groups is 1. The van der Waals surface area contributed by atoms with Crippen molar-refractivity contribution < 1.29 is 13.9 Å². The van der Waals surface area contributed by atoms with E-state index in [1.165, 1.54) is 11.8 Å². The van der Waals surface area contributed by atoms with Gasteiger partial charge >= 0.3 is 0 Å². The van der Waals surface area contributed by atoms with Crippen LogP contribution in [0.15, 0.2) is 64.2 Å². The second-order valence-electron chi connectivity index (χ2n) is 5.01. The number of thioether (sulfide) groups is 1. The van der Waals surface area contributed by atoms with E-state index in [1.54, 1.807) is 24.3 Å². The van der Waals surface area contributed by atoms with Crippen molar-refractivity contribution in [3.63, 3.8) is 0 Å². The molecule has 6 heteroatoms. The van der Waals surface area contributed by atoms with Crippen LogP contribution in [0.2, 0.25) is 0 Å². The smallest absolute Gasteiger partial charge is 0.276 e. The molecule has 3 rings (SSSR count). The molecular weight excluding hydrogens is 324 g/mol. The molecule has 0 fully saturated rings. The maximum atomic E-state index is 10.6. The molecule has 0 amide bonds. The molecule has 0 unspecified atom stereocenters. The van der Waals surface area contributed by atoms with E-state index in [2.05, 4.69) is 10.2 Å². The van der Waals surface area contributed by atoms with Crippen molar-refractivity contribution in [3.05, 3.63) is 71.6 Å². The Kier molecular flexibility index (Phi) is 5.63. The van der Waals surface area contributed by atoms with Gasteiger partial charge in [0.05, 0.1) is 13.0 Å². The van der Waals surface area contributed by atoms with Gasteiger partial charge in [0.25, 0.3) is 5.22 Å². The minimum atomic E-state index is 0.515. The predicted octanol–water partition coefficient (Wildman–Crippen LogP) is 3.64. The Morgan fingerprint density at radius 2 is 1.83 bits per heavy atom. The van der Waals surface area contributed by atoms with Crippen LogP contribution in [0, 0.1) is 0 Å². The fraction of sp³-hybridized carbons (Fsp3) is 0.167. The van der Waals surface area contributed by atoms with E-state index >= 15 is 0 Å². The van der Waals surface area contributed by atoms with Crippen LogP contribution in [-0.2, 0) is 6.42 Å². The van der Waals surface area contributed by atoms with Crippen LogP contribution in [0.3, 0.4) is 0 Å². The molecule has 0 aliphatic carbocycles.